The molecule has 0 aromatic carbocycles. The van der Waals surface area contributed by atoms with Gasteiger partial charge >= 0.3 is 0 Å². The molecule has 0 nitrogen and oxygen atoms in total. The van der Waals surface area contributed by atoms with Crippen molar-refractivity contribution < 1.29 is 0 Å². The third kappa shape index (κ3) is 2.08. The van der Waals surface area contributed by atoms with E-state index in [1.165, 1.54) is 25.3 Å². The molecule has 0 bridgehead atoms. The van der Waals surface area contributed by atoms with E-state index in [0.29, 0.717) is 21.7 Å². The van der Waals surface area contributed by atoms with Gasteiger partial charge in [0.1, 0.15) is 13.2 Å². The molecule has 102 valence electrons. The minimum Gasteiger partial charge on any atom is -0.0748 e. The molecule has 2 heterocycles. The molecule has 2 aliphatic rings. The van der Waals surface area contributed by atoms with Crippen LogP contribution in [0.25, 0.3) is 0 Å². The van der Waals surface area contributed by atoms with E-state index in [4.69, 9.17) is 0 Å². The first-order valence-corrected chi connectivity index (χ1v) is 7.88. The largest absolute Gasteiger partial charge is 0.110 e. The molecular formula is C16H32B2. The van der Waals surface area contributed by atoms with Gasteiger partial charge in [0.05, 0.1) is 0 Å². The van der Waals surface area contributed by atoms with E-state index in [0.717, 1.165) is 13.2 Å². The molecule has 2 saturated heterocycles. The van der Waals surface area contributed by atoms with Gasteiger partial charge in [0.25, 0.3) is 0 Å². The maximum atomic E-state index is 2.48. The molecule has 0 radical (unpaired) electrons. The third-order valence-corrected chi connectivity index (χ3v) is 7.42. The SMILES string of the molecule is CC1(C)CB(B2CC(C)(C)C(C)(C)C2)CC1(C)C. The van der Waals surface area contributed by atoms with Crippen molar-refractivity contribution in [2.45, 2.75) is 80.7 Å². The Morgan fingerprint density at radius 2 is 0.611 bits per heavy atom. The number of hydrogen-bond donors (Lipinski definition) is 0. The Balaban J connectivity index is 2.14. The van der Waals surface area contributed by atoms with E-state index in [1.807, 2.05) is 0 Å². The lowest BCUT2D eigenvalue weighted by Gasteiger charge is -2.35. The molecule has 0 unspecified atom stereocenters. The molecular weight excluding hydrogens is 214 g/mol. The van der Waals surface area contributed by atoms with Crippen LogP contribution in [0.4, 0.5) is 0 Å². The Labute approximate surface area is 116 Å². The van der Waals surface area contributed by atoms with Gasteiger partial charge in [-0.25, -0.2) is 0 Å². The van der Waals surface area contributed by atoms with Crippen LogP contribution in [0.5, 0.6) is 0 Å². The smallest absolute Gasteiger partial charge is 0.0748 e. The molecule has 0 N–H and O–H groups in total. The molecule has 18 heavy (non-hydrogen) atoms. The topological polar surface area (TPSA) is 0 Å². The first kappa shape index (κ1) is 14.5. The molecule has 0 aromatic rings. The summed E-state index contributed by atoms with van der Waals surface area (Å²) in [5.74, 6) is 0. The minimum atomic E-state index is 0.522. The summed E-state index contributed by atoms with van der Waals surface area (Å²) >= 11 is 0. The van der Waals surface area contributed by atoms with Gasteiger partial charge < -0.3 is 0 Å². The van der Waals surface area contributed by atoms with Crippen molar-refractivity contribution in [2.75, 3.05) is 0 Å². The average Bonchev–Trinajstić information content (AvgIpc) is 2.45. The van der Waals surface area contributed by atoms with Crippen LogP contribution in [0, 0.1) is 21.7 Å². The lowest BCUT2D eigenvalue weighted by molar-refractivity contribution is 0.177. The Morgan fingerprint density at radius 1 is 0.444 bits per heavy atom. The molecule has 2 heteroatoms. The molecule has 0 aliphatic carbocycles. The van der Waals surface area contributed by atoms with Gasteiger partial charge in [0, 0.05) is 0 Å². The fourth-order valence-corrected chi connectivity index (χ4v) is 4.54. The van der Waals surface area contributed by atoms with Crippen molar-refractivity contribution in [3.63, 3.8) is 0 Å². The van der Waals surface area contributed by atoms with Crippen LogP contribution in [0.1, 0.15) is 55.4 Å². The first-order valence-electron chi connectivity index (χ1n) is 7.88. The predicted octanol–water partition coefficient (Wildman–Crippen LogP) is 5.19. The monoisotopic (exact) mass is 246 g/mol. The summed E-state index contributed by atoms with van der Waals surface area (Å²) < 4.78 is 0. The van der Waals surface area contributed by atoms with Gasteiger partial charge in [-0.3, -0.25) is 0 Å². The molecule has 0 aromatic heterocycles. The first-order chi connectivity index (χ1) is 7.88. The molecule has 0 spiro atoms. The third-order valence-electron chi connectivity index (χ3n) is 7.42. The summed E-state index contributed by atoms with van der Waals surface area (Å²) in [6, 6.07) is 0. The lowest BCUT2D eigenvalue weighted by Crippen LogP contribution is -2.32. The Kier molecular flexibility index (Phi) is 3.09. The maximum absolute atomic E-state index is 2.48. The van der Waals surface area contributed by atoms with Crippen LogP contribution in [-0.2, 0) is 0 Å². The summed E-state index contributed by atoms with van der Waals surface area (Å²) in [4.78, 5) is 0. The van der Waals surface area contributed by atoms with Crippen LogP contribution in [0.3, 0.4) is 0 Å². The van der Waals surface area contributed by atoms with Gasteiger partial charge in [-0.15, -0.1) is 0 Å². The maximum Gasteiger partial charge on any atom is 0.110 e. The number of rotatable bonds is 1. The highest BCUT2D eigenvalue weighted by Gasteiger charge is 2.56. The van der Waals surface area contributed by atoms with Gasteiger partial charge in [-0.1, -0.05) is 80.7 Å². The van der Waals surface area contributed by atoms with Crippen molar-refractivity contribution in [3.8, 4) is 0 Å². The van der Waals surface area contributed by atoms with Crippen LogP contribution < -0.4 is 0 Å². The normalized spacial score (nSPS) is 32.0. The van der Waals surface area contributed by atoms with Crippen LogP contribution in [0.2, 0.25) is 25.3 Å². The van der Waals surface area contributed by atoms with E-state index in [9.17, 15) is 0 Å². The Morgan fingerprint density at radius 3 is 0.778 bits per heavy atom. The van der Waals surface area contributed by atoms with Crippen molar-refractivity contribution in [2.24, 2.45) is 21.7 Å². The summed E-state index contributed by atoms with van der Waals surface area (Å²) in [5.41, 5.74) is 2.09. The van der Waals surface area contributed by atoms with E-state index >= 15 is 0 Å². The van der Waals surface area contributed by atoms with Crippen LogP contribution in [0.15, 0.2) is 0 Å². The van der Waals surface area contributed by atoms with Crippen LogP contribution in [-0.4, -0.2) is 13.2 Å². The average molecular weight is 246 g/mol. The quantitative estimate of drug-likeness (QED) is 0.558. The molecule has 2 rings (SSSR count). The standard InChI is InChI=1S/C16H32B2/c1-13(2)9-17(10-14(13,3)4)18-11-15(5,6)16(7,8)12-18/h9-12H2,1-8H3. The highest BCUT2D eigenvalue weighted by atomic mass is 14.4. The summed E-state index contributed by atoms with van der Waals surface area (Å²) in [6.07, 6.45) is 5.77. The van der Waals surface area contributed by atoms with Crippen molar-refractivity contribution in [3.05, 3.63) is 0 Å². The molecule has 2 fully saturated rings. The van der Waals surface area contributed by atoms with Crippen molar-refractivity contribution >= 4 is 13.2 Å². The Hall–Kier alpha value is 0.130. The zero-order valence-electron chi connectivity index (χ0n) is 14.0. The highest BCUT2D eigenvalue weighted by molar-refractivity contribution is 7.23. The molecule has 2 aliphatic heterocycles. The van der Waals surface area contributed by atoms with E-state index in [1.54, 1.807) is 0 Å². The molecule has 0 amide bonds. The van der Waals surface area contributed by atoms with Gasteiger partial charge in [0.15, 0.2) is 0 Å². The number of hydrogen-bond acceptors (Lipinski definition) is 0. The minimum absolute atomic E-state index is 0.522. The van der Waals surface area contributed by atoms with E-state index < -0.39 is 0 Å². The predicted molar refractivity (Wildman–Crippen MR) is 85.9 cm³/mol. The summed E-state index contributed by atoms with van der Waals surface area (Å²) in [6.45, 7) is 21.8. The second-order valence-electron chi connectivity index (χ2n) is 9.87. The van der Waals surface area contributed by atoms with Gasteiger partial charge in [0.2, 0.25) is 0 Å². The second-order valence-corrected chi connectivity index (χ2v) is 9.87. The Bertz CT molecular complexity index is 273. The van der Waals surface area contributed by atoms with E-state index in [-0.39, 0.29) is 0 Å². The fraction of sp³-hybridized carbons (Fsp3) is 1.00. The molecule has 0 atom stereocenters. The zero-order valence-corrected chi connectivity index (χ0v) is 14.0. The lowest BCUT2D eigenvalue weighted by atomic mass is 9.06. The fourth-order valence-electron chi connectivity index (χ4n) is 4.54. The highest BCUT2D eigenvalue weighted by Crippen LogP contribution is 2.59. The van der Waals surface area contributed by atoms with Crippen LogP contribution >= 0.6 is 0 Å². The van der Waals surface area contributed by atoms with Crippen molar-refractivity contribution in [1.82, 2.24) is 0 Å². The molecule has 0 saturated carbocycles. The summed E-state index contributed by atoms with van der Waals surface area (Å²) in [5, 5.41) is 0. The van der Waals surface area contributed by atoms with E-state index in [2.05, 4.69) is 55.4 Å². The second kappa shape index (κ2) is 3.83. The van der Waals surface area contributed by atoms with Crippen molar-refractivity contribution in [1.29, 1.82) is 0 Å². The summed E-state index contributed by atoms with van der Waals surface area (Å²) in [7, 11) is 0. The van der Waals surface area contributed by atoms with Gasteiger partial charge in [-0.05, 0) is 21.7 Å². The van der Waals surface area contributed by atoms with Gasteiger partial charge in [-0.2, -0.15) is 0 Å². The zero-order chi connectivity index (χ0) is 14.0.